The summed E-state index contributed by atoms with van der Waals surface area (Å²) in [5, 5.41) is 3.00. The Morgan fingerprint density at radius 1 is 1.62 bits per heavy atom. The van der Waals surface area contributed by atoms with Gasteiger partial charge in [0, 0.05) is 23.8 Å². The smallest absolute Gasteiger partial charge is 0.268 e. The van der Waals surface area contributed by atoms with Gasteiger partial charge in [-0.25, -0.2) is 0 Å². The van der Waals surface area contributed by atoms with Crippen LogP contribution in [0.1, 0.15) is 43.6 Å². The predicted octanol–water partition coefficient (Wildman–Crippen LogP) is 3.10. The predicted molar refractivity (Wildman–Crippen MR) is 69.6 cm³/mol. The van der Waals surface area contributed by atoms with Gasteiger partial charge in [0.1, 0.15) is 5.69 Å². The molecule has 0 aliphatic rings. The molecule has 1 aromatic rings. The average molecular weight is 287 g/mol. The Labute approximate surface area is 105 Å². The van der Waals surface area contributed by atoms with Crippen molar-refractivity contribution >= 4 is 21.8 Å². The quantitative estimate of drug-likeness (QED) is 0.887. The minimum Gasteiger partial charge on any atom is -0.348 e. The van der Waals surface area contributed by atoms with Crippen molar-refractivity contribution in [1.29, 1.82) is 0 Å². The zero-order chi connectivity index (χ0) is 12.1. The van der Waals surface area contributed by atoms with Gasteiger partial charge >= 0.3 is 0 Å². The highest BCUT2D eigenvalue weighted by molar-refractivity contribution is 9.10. The SMILES string of the molecule is CCCCC(C)NC(=O)c1cc(Br)cn1C. The number of carbonyl (C=O) groups excluding carboxylic acids is 1. The van der Waals surface area contributed by atoms with Crippen molar-refractivity contribution in [3.8, 4) is 0 Å². The molecule has 4 heteroatoms. The number of nitrogens with one attached hydrogen (secondary N) is 1. The highest BCUT2D eigenvalue weighted by Crippen LogP contribution is 2.13. The highest BCUT2D eigenvalue weighted by atomic mass is 79.9. The summed E-state index contributed by atoms with van der Waals surface area (Å²) in [4.78, 5) is 11.9. The maximum atomic E-state index is 11.9. The van der Waals surface area contributed by atoms with Gasteiger partial charge in [-0.2, -0.15) is 0 Å². The fourth-order valence-corrected chi connectivity index (χ4v) is 2.15. The van der Waals surface area contributed by atoms with E-state index in [0.29, 0.717) is 5.69 Å². The van der Waals surface area contributed by atoms with Crippen LogP contribution in [0.4, 0.5) is 0 Å². The molecule has 0 aromatic carbocycles. The fourth-order valence-electron chi connectivity index (χ4n) is 1.63. The number of carbonyl (C=O) groups is 1. The third-order valence-corrected chi connectivity index (χ3v) is 3.01. The van der Waals surface area contributed by atoms with Crippen LogP contribution in [0.15, 0.2) is 16.7 Å². The third-order valence-electron chi connectivity index (χ3n) is 2.57. The first-order chi connectivity index (χ1) is 7.54. The molecular formula is C12H19BrN2O. The largest absolute Gasteiger partial charge is 0.348 e. The number of nitrogens with zero attached hydrogens (tertiary/aromatic N) is 1. The van der Waals surface area contributed by atoms with Crippen LogP contribution >= 0.6 is 15.9 Å². The van der Waals surface area contributed by atoms with Crippen LogP contribution in [0.3, 0.4) is 0 Å². The molecular weight excluding hydrogens is 268 g/mol. The van der Waals surface area contributed by atoms with Crippen LogP contribution in [0, 0.1) is 0 Å². The Morgan fingerprint density at radius 3 is 2.81 bits per heavy atom. The van der Waals surface area contributed by atoms with E-state index in [1.165, 1.54) is 0 Å². The number of rotatable bonds is 5. The van der Waals surface area contributed by atoms with Crippen molar-refractivity contribution in [2.24, 2.45) is 7.05 Å². The summed E-state index contributed by atoms with van der Waals surface area (Å²) >= 11 is 3.36. The van der Waals surface area contributed by atoms with Gasteiger partial charge in [0.2, 0.25) is 0 Å². The van der Waals surface area contributed by atoms with Gasteiger partial charge in [-0.15, -0.1) is 0 Å². The number of unbranched alkanes of at least 4 members (excludes halogenated alkanes) is 1. The summed E-state index contributed by atoms with van der Waals surface area (Å²) in [6.45, 7) is 4.20. The van der Waals surface area contributed by atoms with Crippen LogP contribution in [-0.2, 0) is 7.05 Å². The minimum absolute atomic E-state index is 0.00296. The monoisotopic (exact) mass is 286 g/mol. The zero-order valence-corrected chi connectivity index (χ0v) is 11.7. The van der Waals surface area contributed by atoms with Gasteiger partial charge in [0.25, 0.3) is 5.91 Å². The van der Waals surface area contributed by atoms with Crippen LogP contribution in [0.25, 0.3) is 0 Å². The molecule has 0 fully saturated rings. The van der Waals surface area contributed by atoms with Crippen molar-refractivity contribution < 1.29 is 4.79 Å². The van der Waals surface area contributed by atoms with Gasteiger partial charge in [-0.1, -0.05) is 19.8 Å². The maximum absolute atomic E-state index is 11.9. The maximum Gasteiger partial charge on any atom is 0.268 e. The van der Waals surface area contributed by atoms with E-state index in [1.807, 2.05) is 30.8 Å². The number of halogens is 1. The summed E-state index contributed by atoms with van der Waals surface area (Å²) in [5.74, 6) is -0.00296. The average Bonchev–Trinajstić information content (AvgIpc) is 2.54. The second-order valence-electron chi connectivity index (χ2n) is 4.17. The van der Waals surface area contributed by atoms with Gasteiger partial charge in [0.15, 0.2) is 0 Å². The molecule has 0 radical (unpaired) electrons. The van der Waals surface area contributed by atoms with E-state index in [1.54, 1.807) is 0 Å². The fraction of sp³-hybridized carbons (Fsp3) is 0.583. The van der Waals surface area contributed by atoms with E-state index >= 15 is 0 Å². The number of aromatic nitrogens is 1. The molecule has 3 nitrogen and oxygen atoms in total. The lowest BCUT2D eigenvalue weighted by Gasteiger charge is -2.13. The second-order valence-corrected chi connectivity index (χ2v) is 5.09. The lowest BCUT2D eigenvalue weighted by Crippen LogP contribution is -2.33. The van der Waals surface area contributed by atoms with Crippen LogP contribution < -0.4 is 5.32 Å². The lowest BCUT2D eigenvalue weighted by molar-refractivity contribution is 0.0930. The Morgan fingerprint density at radius 2 is 2.31 bits per heavy atom. The minimum atomic E-state index is -0.00296. The van der Waals surface area contributed by atoms with Crippen LogP contribution in [0.5, 0.6) is 0 Å². The molecule has 1 rings (SSSR count). The van der Waals surface area contributed by atoms with E-state index in [0.717, 1.165) is 23.7 Å². The molecule has 90 valence electrons. The summed E-state index contributed by atoms with van der Waals surface area (Å²) in [6.07, 6.45) is 5.23. The van der Waals surface area contributed by atoms with Crippen LogP contribution in [0.2, 0.25) is 0 Å². The molecule has 1 unspecified atom stereocenters. The molecule has 0 aliphatic carbocycles. The first-order valence-electron chi connectivity index (χ1n) is 5.67. The van der Waals surface area contributed by atoms with E-state index in [2.05, 4.69) is 28.2 Å². The topological polar surface area (TPSA) is 34.0 Å². The standard InChI is InChI=1S/C12H19BrN2O/c1-4-5-6-9(2)14-12(16)11-7-10(13)8-15(11)3/h7-9H,4-6H2,1-3H3,(H,14,16). The van der Waals surface area contributed by atoms with E-state index < -0.39 is 0 Å². The molecule has 1 aromatic heterocycles. The summed E-state index contributed by atoms with van der Waals surface area (Å²) < 4.78 is 2.76. The molecule has 1 N–H and O–H groups in total. The molecule has 0 saturated carbocycles. The number of hydrogen-bond donors (Lipinski definition) is 1. The molecule has 0 aliphatic heterocycles. The zero-order valence-electron chi connectivity index (χ0n) is 10.1. The molecule has 1 amide bonds. The molecule has 0 spiro atoms. The van der Waals surface area contributed by atoms with Crippen molar-refractivity contribution in [3.63, 3.8) is 0 Å². The summed E-state index contributed by atoms with van der Waals surface area (Å²) in [5.41, 5.74) is 0.690. The Balaban J connectivity index is 2.55. The Kier molecular flexibility index (Phi) is 5.06. The second kappa shape index (κ2) is 6.09. The van der Waals surface area contributed by atoms with Crippen LogP contribution in [-0.4, -0.2) is 16.5 Å². The van der Waals surface area contributed by atoms with Crippen molar-refractivity contribution in [1.82, 2.24) is 9.88 Å². The third kappa shape index (κ3) is 3.67. The van der Waals surface area contributed by atoms with Gasteiger partial charge < -0.3 is 9.88 Å². The first-order valence-corrected chi connectivity index (χ1v) is 6.46. The normalized spacial score (nSPS) is 12.5. The number of amides is 1. The van der Waals surface area contributed by atoms with E-state index in [4.69, 9.17) is 0 Å². The molecule has 16 heavy (non-hydrogen) atoms. The number of hydrogen-bond acceptors (Lipinski definition) is 1. The molecule has 1 atom stereocenters. The van der Waals surface area contributed by atoms with Crippen molar-refractivity contribution in [2.45, 2.75) is 39.2 Å². The number of aryl methyl sites for hydroxylation is 1. The van der Waals surface area contributed by atoms with E-state index in [-0.39, 0.29) is 11.9 Å². The van der Waals surface area contributed by atoms with Gasteiger partial charge in [-0.05, 0) is 35.3 Å². The Hall–Kier alpha value is -0.770. The van der Waals surface area contributed by atoms with Crippen molar-refractivity contribution in [2.75, 3.05) is 0 Å². The first kappa shape index (κ1) is 13.3. The van der Waals surface area contributed by atoms with Crippen molar-refractivity contribution in [3.05, 3.63) is 22.4 Å². The molecule has 1 heterocycles. The molecule has 0 saturated heterocycles. The lowest BCUT2D eigenvalue weighted by atomic mass is 10.1. The summed E-state index contributed by atoms with van der Waals surface area (Å²) in [6, 6.07) is 2.07. The van der Waals surface area contributed by atoms with Gasteiger partial charge in [0.05, 0.1) is 0 Å². The highest BCUT2D eigenvalue weighted by Gasteiger charge is 2.13. The molecule has 0 bridgehead atoms. The van der Waals surface area contributed by atoms with Gasteiger partial charge in [-0.3, -0.25) is 4.79 Å². The Bertz CT molecular complexity index is 360. The summed E-state index contributed by atoms with van der Waals surface area (Å²) in [7, 11) is 1.87. The van der Waals surface area contributed by atoms with E-state index in [9.17, 15) is 4.79 Å².